The van der Waals surface area contributed by atoms with Gasteiger partial charge in [-0.2, -0.15) is 0 Å². The number of hydrazine groups is 1. The van der Waals surface area contributed by atoms with Gasteiger partial charge in [0.05, 0.1) is 11.6 Å². The van der Waals surface area contributed by atoms with E-state index in [1.807, 2.05) is 30.3 Å². The normalized spacial score (nSPS) is 15.7. The lowest BCUT2D eigenvalue weighted by Crippen LogP contribution is -2.36. The van der Waals surface area contributed by atoms with Gasteiger partial charge in [0.1, 0.15) is 0 Å². The fraction of sp³-hybridized carbons (Fsp3) is 0.231. The van der Waals surface area contributed by atoms with Gasteiger partial charge in [0.2, 0.25) is 5.96 Å². The summed E-state index contributed by atoms with van der Waals surface area (Å²) in [6.45, 7) is 0. The first-order valence-electron chi connectivity index (χ1n) is 6.01. The van der Waals surface area contributed by atoms with Crippen LogP contribution in [0.5, 0.6) is 0 Å². The number of benzene rings is 1. The maximum absolute atomic E-state index is 5.45. The monoisotopic (exact) mass is 241 g/mol. The van der Waals surface area contributed by atoms with Gasteiger partial charge in [-0.05, 0) is 37.1 Å². The quantitative estimate of drug-likeness (QED) is 0.323. The molecular formula is C13H15N5. The zero-order valence-corrected chi connectivity index (χ0v) is 9.93. The fourth-order valence-corrected chi connectivity index (χ4v) is 1.78. The van der Waals surface area contributed by atoms with Crippen molar-refractivity contribution in [2.45, 2.75) is 18.9 Å². The van der Waals surface area contributed by atoms with Gasteiger partial charge in [-0.3, -0.25) is 10.4 Å². The van der Waals surface area contributed by atoms with Crippen LogP contribution in [0.25, 0.3) is 10.9 Å². The second kappa shape index (κ2) is 4.62. The summed E-state index contributed by atoms with van der Waals surface area (Å²) >= 11 is 0. The van der Waals surface area contributed by atoms with Crippen molar-refractivity contribution in [3.05, 3.63) is 36.5 Å². The molecule has 1 saturated carbocycles. The van der Waals surface area contributed by atoms with Crippen molar-refractivity contribution in [1.29, 1.82) is 0 Å². The van der Waals surface area contributed by atoms with Crippen molar-refractivity contribution in [2.75, 3.05) is 5.32 Å². The van der Waals surface area contributed by atoms with E-state index in [0.717, 1.165) is 29.4 Å². The van der Waals surface area contributed by atoms with Gasteiger partial charge in [-0.15, -0.1) is 0 Å². The lowest BCUT2D eigenvalue weighted by molar-refractivity contribution is 0.966. The summed E-state index contributed by atoms with van der Waals surface area (Å²) in [7, 11) is 0. The summed E-state index contributed by atoms with van der Waals surface area (Å²) in [5, 5.41) is 4.27. The van der Waals surface area contributed by atoms with E-state index in [4.69, 9.17) is 5.84 Å². The van der Waals surface area contributed by atoms with E-state index < -0.39 is 0 Å². The second-order valence-electron chi connectivity index (χ2n) is 4.39. The van der Waals surface area contributed by atoms with E-state index in [9.17, 15) is 0 Å². The fourth-order valence-electron chi connectivity index (χ4n) is 1.78. The molecule has 92 valence electrons. The molecular weight excluding hydrogens is 226 g/mol. The SMILES string of the molecule is NNC(=NC1CC1)Nc1ccc2ncccc2c1. The van der Waals surface area contributed by atoms with E-state index in [2.05, 4.69) is 20.7 Å². The standard InChI is InChI=1S/C13H15N5/c14-18-13(16-10-3-4-10)17-11-5-6-12-9(8-11)2-1-7-15-12/h1-2,5-8,10H,3-4,14H2,(H2,16,17,18). The van der Waals surface area contributed by atoms with Gasteiger partial charge >= 0.3 is 0 Å². The highest BCUT2D eigenvalue weighted by molar-refractivity contribution is 5.95. The summed E-state index contributed by atoms with van der Waals surface area (Å²) in [6, 6.07) is 10.3. The minimum atomic E-state index is 0.422. The third kappa shape index (κ3) is 2.41. The van der Waals surface area contributed by atoms with E-state index in [1.165, 1.54) is 0 Å². The van der Waals surface area contributed by atoms with Crippen LogP contribution >= 0.6 is 0 Å². The van der Waals surface area contributed by atoms with E-state index in [1.54, 1.807) is 6.20 Å². The highest BCUT2D eigenvalue weighted by Gasteiger charge is 2.20. The van der Waals surface area contributed by atoms with E-state index in [0.29, 0.717) is 12.0 Å². The van der Waals surface area contributed by atoms with Crippen molar-refractivity contribution >= 4 is 22.5 Å². The third-order valence-corrected chi connectivity index (χ3v) is 2.86. The average Bonchev–Trinajstić information content (AvgIpc) is 3.22. The average molecular weight is 241 g/mol. The number of fused-ring (bicyclic) bond motifs is 1. The first kappa shape index (κ1) is 11.0. The molecule has 5 heteroatoms. The molecule has 3 rings (SSSR count). The number of nitrogens with two attached hydrogens (primary N) is 1. The van der Waals surface area contributed by atoms with Crippen LogP contribution in [0.3, 0.4) is 0 Å². The zero-order valence-electron chi connectivity index (χ0n) is 9.93. The molecule has 0 atom stereocenters. The molecule has 0 aliphatic heterocycles. The summed E-state index contributed by atoms with van der Waals surface area (Å²) in [6.07, 6.45) is 4.08. The van der Waals surface area contributed by atoms with Crippen molar-refractivity contribution in [2.24, 2.45) is 10.8 Å². The first-order chi connectivity index (χ1) is 8.85. The van der Waals surface area contributed by atoms with Crippen LogP contribution in [-0.2, 0) is 0 Å². The number of hydrogen-bond acceptors (Lipinski definition) is 3. The molecule has 0 unspecified atom stereocenters. The van der Waals surface area contributed by atoms with Gasteiger partial charge in [0.25, 0.3) is 0 Å². The maximum atomic E-state index is 5.45. The topological polar surface area (TPSA) is 75.3 Å². The van der Waals surface area contributed by atoms with Crippen LogP contribution < -0.4 is 16.6 Å². The van der Waals surface area contributed by atoms with Crippen molar-refractivity contribution in [3.8, 4) is 0 Å². The van der Waals surface area contributed by atoms with Crippen LogP contribution in [0.15, 0.2) is 41.5 Å². The number of nitrogens with one attached hydrogen (secondary N) is 2. The smallest absolute Gasteiger partial charge is 0.210 e. The predicted octanol–water partition coefficient (Wildman–Crippen LogP) is 1.63. The Labute approximate surface area is 105 Å². The van der Waals surface area contributed by atoms with Crippen LogP contribution in [0.4, 0.5) is 5.69 Å². The molecule has 1 heterocycles. The Bertz CT molecular complexity index is 589. The number of aliphatic imine (C=N–C) groups is 1. The van der Waals surface area contributed by atoms with Crippen molar-refractivity contribution in [1.82, 2.24) is 10.4 Å². The molecule has 4 N–H and O–H groups in total. The minimum Gasteiger partial charge on any atom is -0.325 e. The Kier molecular flexibility index (Phi) is 2.82. The van der Waals surface area contributed by atoms with Crippen molar-refractivity contribution in [3.63, 3.8) is 0 Å². The van der Waals surface area contributed by atoms with Crippen molar-refractivity contribution < 1.29 is 0 Å². The number of nitrogens with zero attached hydrogens (tertiary/aromatic N) is 2. The molecule has 1 aliphatic carbocycles. The third-order valence-electron chi connectivity index (χ3n) is 2.86. The second-order valence-corrected chi connectivity index (χ2v) is 4.39. The Hall–Kier alpha value is -2.14. The number of aromatic nitrogens is 1. The Morgan fingerprint density at radius 3 is 3.00 bits per heavy atom. The maximum Gasteiger partial charge on any atom is 0.210 e. The molecule has 1 aliphatic rings. The lowest BCUT2D eigenvalue weighted by atomic mass is 10.2. The lowest BCUT2D eigenvalue weighted by Gasteiger charge is -2.09. The molecule has 1 aromatic heterocycles. The Morgan fingerprint density at radius 2 is 2.22 bits per heavy atom. The number of rotatable bonds is 2. The Morgan fingerprint density at radius 1 is 1.33 bits per heavy atom. The number of anilines is 1. The molecule has 0 radical (unpaired) electrons. The van der Waals surface area contributed by atoms with Gasteiger partial charge in [0, 0.05) is 17.3 Å². The van der Waals surface area contributed by atoms with E-state index in [-0.39, 0.29) is 0 Å². The van der Waals surface area contributed by atoms with Crippen LogP contribution in [0, 0.1) is 0 Å². The highest BCUT2D eigenvalue weighted by atomic mass is 15.3. The highest BCUT2D eigenvalue weighted by Crippen LogP contribution is 2.23. The molecule has 2 aromatic rings. The van der Waals surface area contributed by atoms with Gasteiger partial charge < -0.3 is 5.32 Å². The number of pyridine rings is 1. The van der Waals surface area contributed by atoms with Gasteiger partial charge in [-0.1, -0.05) is 6.07 Å². The molecule has 0 amide bonds. The molecule has 0 bridgehead atoms. The molecule has 18 heavy (non-hydrogen) atoms. The Balaban J connectivity index is 1.85. The molecule has 1 aromatic carbocycles. The summed E-state index contributed by atoms with van der Waals surface area (Å²) < 4.78 is 0. The summed E-state index contributed by atoms with van der Waals surface area (Å²) in [5.41, 5.74) is 4.52. The van der Waals surface area contributed by atoms with E-state index >= 15 is 0 Å². The van der Waals surface area contributed by atoms with Crippen LogP contribution in [0.1, 0.15) is 12.8 Å². The predicted molar refractivity (Wildman–Crippen MR) is 73.1 cm³/mol. The van der Waals surface area contributed by atoms with Crippen LogP contribution in [0.2, 0.25) is 0 Å². The molecule has 0 saturated heterocycles. The largest absolute Gasteiger partial charge is 0.325 e. The van der Waals surface area contributed by atoms with Gasteiger partial charge in [0.15, 0.2) is 0 Å². The molecule has 0 spiro atoms. The first-order valence-corrected chi connectivity index (χ1v) is 6.01. The van der Waals surface area contributed by atoms with Crippen LogP contribution in [-0.4, -0.2) is 17.0 Å². The molecule has 1 fully saturated rings. The molecule has 5 nitrogen and oxygen atoms in total. The minimum absolute atomic E-state index is 0.422. The zero-order chi connectivity index (χ0) is 12.4. The van der Waals surface area contributed by atoms with Gasteiger partial charge in [-0.25, -0.2) is 10.8 Å². The summed E-state index contributed by atoms with van der Waals surface area (Å²) in [5.74, 6) is 6.07. The number of hydrogen-bond donors (Lipinski definition) is 3. The number of guanidine groups is 1. The summed E-state index contributed by atoms with van der Waals surface area (Å²) in [4.78, 5) is 8.72.